The Morgan fingerprint density at radius 3 is 2.60 bits per heavy atom. The lowest BCUT2D eigenvalue weighted by Crippen LogP contribution is -2.02. The van der Waals surface area contributed by atoms with Crippen molar-refractivity contribution in [1.29, 1.82) is 0 Å². The molecule has 1 fully saturated rings. The van der Waals surface area contributed by atoms with Gasteiger partial charge in [0.05, 0.1) is 11.0 Å². The molecule has 1 heterocycles. The number of aromatic nitrogens is 2. The first-order valence-corrected chi connectivity index (χ1v) is 7.05. The molecule has 1 saturated carbocycles. The molecule has 1 aliphatic carbocycles. The minimum absolute atomic E-state index is 0.349. The van der Waals surface area contributed by atoms with Gasteiger partial charge < -0.3 is 9.67 Å². The van der Waals surface area contributed by atoms with Crippen molar-refractivity contribution >= 4 is 11.0 Å². The van der Waals surface area contributed by atoms with Gasteiger partial charge in [0.1, 0.15) is 11.6 Å². The zero-order valence-electron chi connectivity index (χ0n) is 11.2. The molecule has 0 bridgehead atoms. The highest BCUT2D eigenvalue weighted by molar-refractivity contribution is 5.76. The molecule has 100 valence electrons. The monoisotopic (exact) mass is 264 g/mol. The zero-order chi connectivity index (χ0) is 13.5. The standard InChI is InChI=1S/C17H16N2O/c20-16-8-4-1-5-12(16)11-17-18-14-6-2-3-7-15(14)19(17)13-9-10-13/h1-8,13,20H,9-11H2. The van der Waals surface area contributed by atoms with Crippen molar-refractivity contribution in [3.63, 3.8) is 0 Å². The molecule has 3 aromatic rings. The predicted octanol–water partition coefficient (Wildman–Crippen LogP) is 3.67. The maximum Gasteiger partial charge on any atom is 0.119 e. The van der Waals surface area contributed by atoms with E-state index in [2.05, 4.69) is 22.8 Å². The van der Waals surface area contributed by atoms with Crippen molar-refractivity contribution < 1.29 is 5.11 Å². The van der Waals surface area contributed by atoms with Crippen LogP contribution in [0.3, 0.4) is 0 Å². The number of hydrogen-bond donors (Lipinski definition) is 1. The van der Waals surface area contributed by atoms with Crippen LogP contribution in [0.1, 0.15) is 30.3 Å². The van der Waals surface area contributed by atoms with Crippen LogP contribution in [0.5, 0.6) is 5.75 Å². The van der Waals surface area contributed by atoms with E-state index in [1.807, 2.05) is 24.3 Å². The number of benzene rings is 2. The number of hydrogen-bond acceptors (Lipinski definition) is 2. The largest absolute Gasteiger partial charge is 0.508 e. The molecule has 3 nitrogen and oxygen atoms in total. The second kappa shape index (κ2) is 4.37. The molecule has 4 rings (SSSR count). The highest BCUT2D eigenvalue weighted by Gasteiger charge is 2.28. The van der Waals surface area contributed by atoms with Crippen LogP contribution in [-0.4, -0.2) is 14.7 Å². The molecular weight excluding hydrogens is 248 g/mol. The minimum atomic E-state index is 0.349. The van der Waals surface area contributed by atoms with E-state index >= 15 is 0 Å². The summed E-state index contributed by atoms with van der Waals surface area (Å²) < 4.78 is 2.35. The Balaban J connectivity index is 1.83. The molecule has 1 aromatic heterocycles. The van der Waals surface area contributed by atoms with Crippen molar-refractivity contribution in [3.05, 3.63) is 59.9 Å². The molecule has 0 radical (unpaired) electrons. The summed E-state index contributed by atoms with van der Waals surface area (Å²) in [4.78, 5) is 4.76. The molecule has 0 atom stereocenters. The van der Waals surface area contributed by atoms with Gasteiger partial charge >= 0.3 is 0 Å². The number of para-hydroxylation sites is 3. The summed E-state index contributed by atoms with van der Waals surface area (Å²) in [7, 11) is 0. The fourth-order valence-electron chi connectivity index (χ4n) is 2.79. The van der Waals surface area contributed by atoms with Gasteiger partial charge in [-0.2, -0.15) is 0 Å². The van der Waals surface area contributed by atoms with Gasteiger partial charge in [-0.3, -0.25) is 0 Å². The van der Waals surface area contributed by atoms with Gasteiger partial charge in [0, 0.05) is 18.0 Å². The van der Waals surface area contributed by atoms with E-state index in [1.54, 1.807) is 6.07 Å². The Morgan fingerprint density at radius 2 is 1.80 bits per heavy atom. The third-order valence-electron chi connectivity index (χ3n) is 3.92. The third-order valence-corrected chi connectivity index (χ3v) is 3.92. The van der Waals surface area contributed by atoms with Crippen LogP contribution < -0.4 is 0 Å². The summed E-state index contributed by atoms with van der Waals surface area (Å²) in [6.45, 7) is 0. The molecule has 0 aliphatic heterocycles. The number of nitrogens with zero attached hydrogens (tertiary/aromatic N) is 2. The van der Waals surface area contributed by atoms with Crippen LogP contribution in [0.25, 0.3) is 11.0 Å². The number of imidazole rings is 1. The molecule has 0 amide bonds. The highest BCUT2D eigenvalue weighted by atomic mass is 16.3. The Morgan fingerprint density at radius 1 is 1.05 bits per heavy atom. The molecule has 20 heavy (non-hydrogen) atoms. The van der Waals surface area contributed by atoms with Crippen LogP contribution in [0.15, 0.2) is 48.5 Å². The van der Waals surface area contributed by atoms with Crippen LogP contribution in [0.4, 0.5) is 0 Å². The van der Waals surface area contributed by atoms with Gasteiger partial charge in [0.2, 0.25) is 0 Å². The lowest BCUT2D eigenvalue weighted by Gasteiger charge is -2.08. The minimum Gasteiger partial charge on any atom is -0.508 e. The molecular formula is C17H16N2O. The summed E-state index contributed by atoms with van der Waals surface area (Å²) in [5.74, 6) is 1.40. The van der Waals surface area contributed by atoms with E-state index in [4.69, 9.17) is 4.98 Å². The highest BCUT2D eigenvalue weighted by Crippen LogP contribution is 2.39. The molecule has 0 spiro atoms. The van der Waals surface area contributed by atoms with Crippen LogP contribution in [0.2, 0.25) is 0 Å². The normalized spacial score (nSPS) is 14.8. The predicted molar refractivity (Wildman–Crippen MR) is 78.9 cm³/mol. The summed E-state index contributed by atoms with van der Waals surface area (Å²) in [6, 6.07) is 16.4. The van der Waals surface area contributed by atoms with Gasteiger partial charge in [0.15, 0.2) is 0 Å². The van der Waals surface area contributed by atoms with E-state index in [9.17, 15) is 5.11 Å². The molecule has 1 aliphatic rings. The molecule has 0 unspecified atom stereocenters. The molecule has 3 heteroatoms. The summed E-state index contributed by atoms with van der Waals surface area (Å²) in [5.41, 5.74) is 3.19. The number of rotatable bonds is 3. The van der Waals surface area contributed by atoms with E-state index in [0.29, 0.717) is 18.2 Å². The quantitative estimate of drug-likeness (QED) is 0.783. The van der Waals surface area contributed by atoms with E-state index < -0.39 is 0 Å². The maximum atomic E-state index is 9.95. The molecule has 1 N–H and O–H groups in total. The molecule has 0 saturated heterocycles. The van der Waals surface area contributed by atoms with Gasteiger partial charge in [0.25, 0.3) is 0 Å². The van der Waals surface area contributed by atoms with Crippen molar-refractivity contribution in [3.8, 4) is 5.75 Å². The Kier molecular flexibility index (Phi) is 2.52. The average Bonchev–Trinajstić information content (AvgIpc) is 3.23. The fourth-order valence-corrected chi connectivity index (χ4v) is 2.79. The number of phenols is 1. The zero-order valence-corrected chi connectivity index (χ0v) is 11.2. The Bertz CT molecular complexity index is 772. The van der Waals surface area contributed by atoms with Crippen LogP contribution in [-0.2, 0) is 6.42 Å². The average molecular weight is 264 g/mol. The SMILES string of the molecule is Oc1ccccc1Cc1nc2ccccc2n1C1CC1. The second-order valence-corrected chi connectivity index (χ2v) is 5.42. The Labute approximate surface area is 117 Å². The van der Waals surface area contributed by atoms with Crippen LogP contribution in [0, 0.1) is 0 Å². The van der Waals surface area contributed by atoms with Gasteiger partial charge in [-0.15, -0.1) is 0 Å². The fraction of sp³-hybridized carbons (Fsp3) is 0.235. The summed E-state index contributed by atoms with van der Waals surface area (Å²) in [6.07, 6.45) is 3.14. The third kappa shape index (κ3) is 1.86. The van der Waals surface area contributed by atoms with Gasteiger partial charge in [-0.25, -0.2) is 4.98 Å². The maximum absolute atomic E-state index is 9.95. The Hall–Kier alpha value is -2.29. The van der Waals surface area contributed by atoms with Crippen LogP contribution >= 0.6 is 0 Å². The molecule has 2 aromatic carbocycles. The second-order valence-electron chi connectivity index (χ2n) is 5.42. The summed E-state index contributed by atoms with van der Waals surface area (Å²) >= 11 is 0. The van der Waals surface area contributed by atoms with Crippen molar-refractivity contribution in [2.24, 2.45) is 0 Å². The van der Waals surface area contributed by atoms with Crippen molar-refractivity contribution in [2.45, 2.75) is 25.3 Å². The smallest absolute Gasteiger partial charge is 0.119 e. The van der Waals surface area contributed by atoms with E-state index in [0.717, 1.165) is 16.9 Å². The first-order valence-electron chi connectivity index (χ1n) is 7.05. The van der Waals surface area contributed by atoms with E-state index in [-0.39, 0.29) is 0 Å². The first-order chi connectivity index (χ1) is 9.83. The lowest BCUT2D eigenvalue weighted by atomic mass is 10.1. The lowest BCUT2D eigenvalue weighted by molar-refractivity contribution is 0.468. The number of phenolic OH excluding ortho intramolecular Hbond substituents is 1. The van der Waals surface area contributed by atoms with Crippen molar-refractivity contribution in [1.82, 2.24) is 9.55 Å². The topological polar surface area (TPSA) is 38.1 Å². The number of fused-ring (bicyclic) bond motifs is 1. The first kappa shape index (κ1) is 11.5. The number of aromatic hydroxyl groups is 1. The van der Waals surface area contributed by atoms with Gasteiger partial charge in [-0.05, 0) is 31.0 Å². The summed E-state index contributed by atoms with van der Waals surface area (Å²) in [5, 5.41) is 9.95. The van der Waals surface area contributed by atoms with Gasteiger partial charge in [-0.1, -0.05) is 30.3 Å². The van der Waals surface area contributed by atoms with E-state index in [1.165, 1.54) is 18.4 Å². The van der Waals surface area contributed by atoms with Crippen molar-refractivity contribution in [2.75, 3.05) is 0 Å².